The Bertz CT molecular complexity index is 871. The molecule has 0 radical (unpaired) electrons. The monoisotopic (exact) mass is 370 g/mol. The molecule has 2 fully saturated rings. The smallest absolute Gasteiger partial charge is 0.317 e. The van der Waals surface area contributed by atoms with E-state index in [4.69, 9.17) is 10.1 Å². The van der Waals surface area contributed by atoms with Gasteiger partial charge in [-0.3, -0.25) is 4.79 Å². The maximum Gasteiger partial charge on any atom is 0.317 e. The zero-order valence-corrected chi connectivity index (χ0v) is 15.6. The first-order valence-electron chi connectivity index (χ1n) is 9.82. The number of carboxylic acid groups (broad SMARTS) is 1. The maximum atomic E-state index is 12.4. The normalized spacial score (nSPS) is 20.0. The van der Waals surface area contributed by atoms with Gasteiger partial charge in [-0.15, -0.1) is 0 Å². The Hall–Kier alpha value is -2.57. The quantitative estimate of drug-likeness (QED) is 0.847. The van der Waals surface area contributed by atoms with Crippen LogP contribution in [0.1, 0.15) is 50.0 Å². The number of nitrogens with one attached hydrogen (secondary N) is 1. The van der Waals surface area contributed by atoms with Gasteiger partial charge in [-0.2, -0.15) is 0 Å². The lowest BCUT2D eigenvalue weighted by Gasteiger charge is -2.30. The third kappa shape index (κ3) is 3.63. The first kappa shape index (κ1) is 17.8. The fourth-order valence-corrected chi connectivity index (χ4v) is 3.95. The van der Waals surface area contributed by atoms with Gasteiger partial charge < -0.3 is 19.9 Å². The second kappa shape index (κ2) is 7.21. The number of carboxylic acids is 1. The van der Waals surface area contributed by atoms with E-state index in [1.165, 1.54) is 18.4 Å². The van der Waals surface area contributed by atoms with Gasteiger partial charge in [-0.1, -0.05) is 13.0 Å². The number of fused-ring (bicyclic) bond motifs is 1. The summed E-state index contributed by atoms with van der Waals surface area (Å²) >= 11 is 0. The molecule has 7 nitrogen and oxygen atoms in total. The standard InChI is InChI=1S/C20H26N4O3/c1-2-18-22-16-10-13(5-8-17(16)24(18)15-6-7-15)11-21-20(27)23-9-3-4-14(12-23)19(25)26/h5,8,10,14-15H,2-4,6-7,9,11-12H2,1H3,(H,21,27)(H,25,26). The van der Waals surface area contributed by atoms with Crippen molar-refractivity contribution in [2.45, 2.75) is 51.6 Å². The first-order valence-corrected chi connectivity index (χ1v) is 9.82. The van der Waals surface area contributed by atoms with Gasteiger partial charge in [-0.25, -0.2) is 9.78 Å². The van der Waals surface area contributed by atoms with Gasteiger partial charge >= 0.3 is 12.0 Å². The van der Waals surface area contributed by atoms with Crippen LogP contribution in [0.15, 0.2) is 18.2 Å². The van der Waals surface area contributed by atoms with Crippen molar-refractivity contribution in [3.8, 4) is 0 Å². The predicted molar refractivity (Wildman–Crippen MR) is 102 cm³/mol. The molecule has 2 aromatic rings. The molecule has 1 aromatic carbocycles. The summed E-state index contributed by atoms with van der Waals surface area (Å²) in [5.41, 5.74) is 3.16. The van der Waals surface area contributed by atoms with Crippen molar-refractivity contribution < 1.29 is 14.7 Å². The van der Waals surface area contributed by atoms with Crippen LogP contribution in [0.4, 0.5) is 4.79 Å². The molecule has 1 saturated carbocycles. The van der Waals surface area contributed by atoms with Crippen molar-refractivity contribution >= 4 is 23.0 Å². The second-order valence-corrected chi connectivity index (χ2v) is 7.59. The molecule has 2 aliphatic rings. The molecule has 1 unspecified atom stereocenters. The average Bonchev–Trinajstić information content (AvgIpc) is 3.45. The van der Waals surface area contributed by atoms with Crippen LogP contribution in [-0.2, 0) is 17.8 Å². The molecule has 0 spiro atoms. The van der Waals surface area contributed by atoms with Crippen LogP contribution in [-0.4, -0.2) is 44.6 Å². The summed E-state index contributed by atoms with van der Waals surface area (Å²) < 4.78 is 2.36. The molecule has 4 rings (SSSR count). The highest BCUT2D eigenvalue weighted by atomic mass is 16.4. The Labute approximate surface area is 158 Å². The van der Waals surface area contributed by atoms with Crippen molar-refractivity contribution in [2.24, 2.45) is 5.92 Å². The number of hydrogen-bond donors (Lipinski definition) is 2. The molecule has 2 N–H and O–H groups in total. The molecule has 1 aromatic heterocycles. The number of urea groups is 1. The van der Waals surface area contributed by atoms with E-state index >= 15 is 0 Å². The largest absolute Gasteiger partial charge is 0.481 e. The Kier molecular flexibility index (Phi) is 4.76. The van der Waals surface area contributed by atoms with Crippen LogP contribution in [0.25, 0.3) is 11.0 Å². The number of nitrogens with zero attached hydrogens (tertiary/aromatic N) is 3. The number of carbonyl (C=O) groups excluding carboxylic acids is 1. The molecule has 1 aliphatic carbocycles. The number of benzene rings is 1. The van der Waals surface area contributed by atoms with Crippen LogP contribution in [0, 0.1) is 5.92 Å². The minimum Gasteiger partial charge on any atom is -0.481 e. The van der Waals surface area contributed by atoms with Gasteiger partial charge in [0, 0.05) is 32.1 Å². The van der Waals surface area contributed by atoms with Crippen molar-refractivity contribution in [3.63, 3.8) is 0 Å². The van der Waals surface area contributed by atoms with Crippen molar-refractivity contribution in [1.29, 1.82) is 0 Å². The number of amides is 2. The van der Waals surface area contributed by atoms with Crippen molar-refractivity contribution in [1.82, 2.24) is 19.8 Å². The number of rotatable bonds is 5. The van der Waals surface area contributed by atoms with Gasteiger partial charge in [0.2, 0.25) is 0 Å². The Morgan fingerprint density at radius 3 is 2.81 bits per heavy atom. The summed E-state index contributed by atoms with van der Waals surface area (Å²) in [4.78, 5) is 30.0. The van der Waals surface area contributed by atoms with Gasteiger partial charge in [0.05, 0.1) is 17.0 Å². The molecule has 1 atom stereocenters. The van der Waals surface area contributed by atoms with Crippen LogP contribution in [0.5, 0.6) is 0 Å². The highest BCUT2D eigenvalue weighted by Crippen LogP contribution is 2.38. The fraction of sp³-hybridized carbons (Fsp3) is 0.550. The molecular weight excluding hydrogens is 344 g/mol. The van der Waals surface area contributed by atoms with Gasteiger partial charge in [-0.05, 0) is 43.4 Å². The first-order chi connectivity index (χ1) is 13.1. The summed E-state index contributed by atoms with van der Waals surface area (Å²) in [7, 11) is 0. The Morgan fingerprint density at radius 1 is 1.30 bits per heavy atom. The average molecular weight is 370 g/mol. The summed E-state index contributed by atoms with van der Waals surface area (Å²) in [6.07, 6.45) is 4.73. The van der Waals surface area contributed by atoms with E-state index in [1.807, 2.05) is 12.1 Å². The summed E-state index contributed by atoms with van der Waals surface area (Å²) in [6.45, 7) is 3.44. The van der Waals surface area contributed by atoms with Crippen molar-refractivity contribution in [3.05, 3.63) is 29.6 Å². The van der Waals surface area contributed by atoms with E-state index in [0.717, 1.165) is 29.7 Å². The molecule has 0 bridgehead atoms. The number of imidazole rings is 1. The van der Waals surface area contributed by atoms with Crippen LogP contribution in [0.2, 0.25) is 0 Å². The molecule has 2 amide bonds. The van der Waals surface area contributed by atoms with E-state index in [0.29, 0.717) is 25.6 Å². The number of aryl methyl sites for hydroxylation is 1. The zero-order valence-electron chi connectivity index (χ0n) is 15.6. The summed E-state index contributed by atoms with van der Waals surface area (Å²) in [5.74, 6) is -0.155. The highest BCUT2D eigenvalue weighted by molar-refractivity contribution is 5.78. The molecule has 144 valence electrons. The van der Waals surface area contributed by atoms with Gasteiger partial charge in [0.15, 0.2) is 0 Å². The topological polar surface area (TPSA) is 87.5 Å². The number of aliphatic carboxylic acids is 1. The SMILES string of the molecule is CCc1nc2cc(CNC(=O)N3CCCC(C(=O)O)C3)ccc2n1C1CC1. The minimum atomic E-state index is -0.823. The highest BCUT2D eigenvalue weighted by Gasteiger charge is 2.29. The molecular formula is C20H26N4O3. The molecule has 27 heavy (non-hydrogen) atoms. The molecule has 1 aliphatic heterocycles. The lowest BCUT2D eigenvalue weighted by atomic mass is 9.99. The van der Waals surface area contributed by atoms with E-state index < -0.39 is 11.9 Å². The van der Waals surface area contributed by atoms with Crippen LogP contribution < -0.4 is 5.32 Å². The second-order valence-electron chi connectivity index (χ2n) is 7.59. The zero-order chi connectivity index (χ0) is 19.0. The van der Waals surface area contributed by atoms with Gasteiger partial charge in [0.1, 0.15) is 5.82 Å². The third-order valence-corrected chi connectivity index (χ3v) is 5.56. The number of likely N-dealkylation sites (tertiary alicyclic amines) is 1. The third-order valence-electron chi connectivity index (χ3n) is 5.56. The minimum absolute atomic E-state index is 0.196. The number of aromatic nitrogens is 2. The predicted octanol–water partition coefficient (Wildman–Crippen LogP) is 2.94. The van der Waals surface area contributed by atoms with Gasteiger partial charge in [0.25, 0.3) is 0 Å². The molecule has 1 saturated heterocycles. The summed E-state index contributed by atoms with van der Waals surface area (Å²) in [5, 5.41) is 12.1. The Morgan fingerprint density at radius 2 is 2.11 bits per heavy atom. The van der Waals surface area contributed by atoms with Crippen LogP contribution in [0.3, 0.4) is 0 Å². The van der Waals surface area contributed by atoms with E-state index in [2.05, 4.69) is 22.9 Å². The fourth-order valence-electron chi connectivity index (χ4n) is 3.95. The Balaban J connectivity index is 1.43. The van der Waals surface area contributed by atoms with E-state index in [-0.39, 0.29) is 12.6 Å². The number of hydrogen-bond acceptors (Lipinski definition) is 3. The van der Waals surface area contributed by atoms with Crippen molar-refractivity contribution in [2.75, 3.05) is 13.1 Å². The van der Waals surface area contributed by atoms with E-state index in [9.17, 15) is 9.59 Å². The number of piperidine rings is 1. The number of carbonyl (C=O) groups is 2. The lowest BCUT2D eigenvalue weighted by molar-refractivity contribution is -0.143. The van der Waals surface area contributed by atoms with Crippen LogP contribution >= 0.6 is 0 Å². The van der Waals surface area contributed by atoms with E-state index in [1.54, 1.807) is 4.90 Å². The summed E-state index contributed by atoms with van der Waals surface area (Å²) in [6, 6.07) is 6.58. The lowest BCUT2D eigenvalue weighted by Crippen LogP contribution is -2.46. The molecule has 7 heteroatoms. The maximum absolute atomic E-state index is 12.4. The molecule has 2 heterocycles.